The summed E-state index contributed by atoms with van der Waals surface area (Å²) in [5.41, 5.74) is 0. The van der Waals surface area contributed by atoms with E-state index >= 15 is 0 Å². The molecule has 0 amide bonds. The van der Waals surface area contributed by atoms with Gasteiger partial charge >= 0.3 is 0 Å². The predicted octanol–water partition coefficient (Wildman–Crippen LogP) is 4.10. The molecule has 0 fully saturated rings. The number of aldehydes is 1. The zero-order valence-electron chi connectivity index (χ0n) is 15.6. The maximum Gasteiger partial charge on any atom is 0.261 e. The van der Waals surface area contributed by atoms with E-state index in [1.54, 1.807) is 6.08 Å². The van der Waals surface area contributed by atoms with Gasteiger partial charge in [-0.1, -0.05) is 94.4 Å². The summed E-state index contributed by atoms with van der Waals surface area (Å²) < 4.78 is 6.92. The molecule has 0 saturated heterocycles. The molecule has 0 bridgehead atoms. The highest BCUT2D eigenvalue weighted by Crippen LogP contribution is 2.37. The monoisotopic (exact) mass is 352 g/mol. The van der Waals surface area contributed by atoms with Gasteiger partial charge in [0.15, 0.2) is 0 Å². The molecule has 0 N–H and O–H groups in total. The van der Waals surface area contributed by atoms with Gasteiger partial charge in [-0.2, -0.15) is 0 Å². The van der Waals surface area contributed by atoms with Crippen molar-refractivity contribution in [1.29, 1.82) is 0 Å². The van der Waals surface area contributed by atoms with Gasteiger partial charge in [-0.25, -0.2) is 0 Å². The van der Waals surface area contributed by atoms with Gasteiger partial charge in [0.05, 0.1) is 6.10 Å². The van der Waals surface area contributed by atoms with Gasteiger partial charge in [0.1, 0.15) is 6.29 Å². The maximum absolute atomic E-state index is 10.8. The molecule has 0 spiro atoms. The molecule has 0 aromatic heterocycles. The molecule has 0 heterocycles. The lowest BCUT2D eigenvalue weighted by atomic mass is 10.2. The van der Waals surface area contributed by atoms with Crippen molar-refractivity contribution < 1.29 is 9.22 Å². The Balaban J connectivity index is 2.68. The summed E-state index contributed by atoms with van der Waals surface area (Å²) in [7, 11) is -2.55. The number of carbonyl (C=O) groups is 1. The second-order valence-electron chi connectivity index (χ2n) is 7.25. The Hall–Kier alpha value is -1.97. The van der Waals surface area contributed by atoms with Crippen LogP contribution in [0.3, 0.4) is 0 Å². The van der Waals surface area contributed by atoms with Crippen LogP contribution in [0.5, 0.6) is 0 Å². The molecule has 0 saturated carbocycles. The van der Waals surface area contributed by atoms with Gasteiger partial charge in [0, 0.05) is 0 Å². The van der Waals surface area contributed by atoms with Crippen LogP contribution in [0.25, 0.3) is 0 Å². The first-order valence-corrected chi connectivity index (χ1v) is 10.8. The van der Waals surface area contributed by atoms with E-state index in [9.17, 15) is 4.79 Å². The van der Waals surface area contributed by atoms with Crippen LogP contribution in [0.4, 0.5) is 0 Å². The van der Waals surface area contributed by atoms with Crippen LogP contribution >= 0.6 is 0 Å². The second kappa shape index (κ2) is 8.41. The molecule has 0 radical (unpaired) electrons. The van der Waals surface area contributed by atoms with Crippen LogP contribution in [0, 0.1) is 0 Å². The molecule has 0 unspecified atom stereocenters. The summed E-state index contributed by atoms with van der Waals surface area (Å²) in [6, 6.07) is 21.1. The molecular formula is C22H28O2Si. The van der Waals surface area contributed by atoms with Crippen molar-refractivity contribution in [3.8, 4) is 0 Å². The quantitative estimate of drug-likeness (QED) is 0.426. The molecule has 2 aromatic carbocycles. The number of rotatable bonds is 7. The Morgan fingerprint density at radius 3 is 1.80 bits per heavy atom. The fourth-order valence-corrected chi connectivity index (χ4v) is 8.06. The van der Waals surface area contributed by atoms with E-state index in [1.807, 2.05) is 18.2 Å². The van der Waals surface area contributed by atoms with E-state index in [4.69, 9.17) is 4.43 Å². The fourth-order valence-electron chi connectivity index (χ4n) is 3.35. The lowest BCUT2D eigenvalue weighted by molar-refractivity contribution is -0.104. The summed E-state index contributed by atoms with van der Waals surface area (Å²) in [5, 5.41) is 2.45. The van der Waals surface area contributed by atoms with Crippen molar-refractivity contribution in [2.75, 3.05) is 0 Å². The number of benzene rings is 2. The van der Waals surface area contributed by atoms with Crippen molar-refractivity contribution in [3.63, 3.8) is 0 Å². The van der Waals surface area contributed by atoms with Crippen LogP contribution in [0.15, 0.2) is 72.8 Å². The highest BCUT2D eigenvalue weighted by molar-refractivity contribution is 6.99. The third-order valence-corrected chi connectivity index (χ3v) is 9.61. The summed E-state index contributed by atoms with van der Waals surface area (Å²) in [5.74, 6) is 0. The number of hydrogen-bond acceptors (Lipinski definition) is 2. The largest absolute Gasteiger partial charge is 0.401 e. The van der Waals surface area contributed by atoms with E-state index in [0.717, 1.165) is 12.7 Å². The second-order valence-corrected chi connectivity index (χ2v) is 11.5. The average molecular weight is 353 g/mol. The molecular weight excluding hydrogens is 324 g/mol. The lowest BCUT2D eigenvalue weighted by Crippen LogP contribution is -2.67. The zero-order chi connectivity index (χ0) is 18.3. The molecule has 2 aromatic rings. The standard InChI is InChI=1S/C22H28O2Si/c1-5-19(13-12-18-23)24-25(22(2,3)4,20-14-8-6-9-15-20)21-16-10-7-11-17-21/h6-19H,5H2,1-4H3/b13-12+/t19-/m1/s1. The van der Waals surface area contributed by atoms with Gasteiger partial charge in [0.25, 0.3) is 8.32 Å². The first kappa shape index (κ1) is 19.4. The van der Waals surface area contributed by atoms with Gasteiger partial charge in [0.2, 0.25) is 0 Å². The number of hydrogen-bond donors (Lipinski definition) is 0. The van der Waals surface area contributed by atoms with Crippen LogP contribution in [-0.4, -0.2) is 20.7 Å². The SMILES string of the molecule is CC[C@H](/C=C/C=O)O[Si](c1ccccc1)(c1ccccc1)C(C)(C)C. The summed E-state index contributed by atoms with van der Waals surface area (Å²) in [6.07, 6.45) is 4.99. The topological polar surface area (TPSA) is 26.3 Å². The highest BCUT2D eigenvalue weighted by Gasteiger charge is 2.50. The summed E-state index contributed by atoms with van der Waals surface area (Å²) >= 11 is 0. The first-order chi connectivity index (χ1) is 12.0. The van der Waals surface area contributed by atoms with Gasteiger partial charge < -0.3 is 4.43 Å². The van der Waals surface area contributed by atoms with E-state index in [-0.39, 0.29) is 11.1 Å². The van der Waals surface area contributed by atoms with Crippen LogP contribution in [-0.2, 0) is 9.22 Å². The smallest absolute Gasteiger partial charge is 0.261 e. The Kier molecular flexibility index (Phi) is 6.51. The molecule has 25 heavy (non-hydrogen) atoms. The fraction of sp³-hybridized carbons (Fsp3) is 0.318. The molecule has 1 atom stereocenters. The zero-order valence-corrected chi connectivity index (χ0v) is 16.6. The molecule has 132 valence electrons. The van der Waals surface area contributed by atoms with Crippen LogP contribution in [0.2, 0.25) is 5.04 Å². The Morgan fingerprint density at radius 1 is 0.960 bits per heavy atom. The Morgan fingerprint density at radius 2 is 1.44 bits per heavy atom. The Labute approximate surface area is 152 Å². The molecule has 3 heteroatoms. The minimum Gasteiger partial charge on any atom is -0.401 e. The normalized spacial score (nSPS) is 13.8. The Bertz CT molecular complexity index is 647. The lowest BCUT2D eigenvalue weighted by Gasteiger charge is -2.44. The maximum atomic E-state index is 10.8. The molecule has 0 aliphatic carbocycles. The van der Waals surface area contributed by atoms with E-state index < -0.39 is 8.32 Å². The number of allylic oxidation sites excluding steroid dienone is 1. The van der Waals surface area contributed by atoms with Crippen LogP contribution < -0.4 is 10.4 Å². The molecule has 0 aliphatic rings. The summed E-state index contributed by atoms with van der Waals surface area (Å²) in [6.45, 7) is 8.87. The van der Waals surface area contributed by atoms with E-state index in [2.05, 4.69) is 76.2 Å². The van der Waals surface area contributed by atoms with Crippen molar-refractivity contribution in [2.24, 2.45) is 0 Å². The van der Waals surface area contributed by atoms with Crippen molar-refractivity contribution in [2.45, 2.75) is 45.3 Å². The molecule has 2 rings (SSSR count). The minimum atomic E-state index is -2.55. The van der Waals surface area contributed by atoms with E-state index in [0.29, 0.717) is 0 Å². The van der Waals surface area contributed by atoms with Crippen molar-refractivity contribution >= 4 is 25.0 Å². The predicted molar refractivity (Wildman–Crippen MR) is 108 cm³/mol. The number of carbonyl (C=O) groups excluding carboxylic acids is 1. The summed E-state index contributed by atoms with van der Waals surface area (Å²) in [4.78, 5) is 10.8. The third-order valence-electron chi connectivity index (χ3n) is 4.55. The first-order valence-electron chi connectivity index (χ1n) is 8.86. The third kappa shape index (κ3) is 4.17. The van der Waals surface area contributed by atoms with Crippen molar-refractivity contribution in [1.82, 2.24) is 0 Å². The minimum absolute atomic E-state index is 0.0574. The average Bonchev–Trinajstić information content (AvgIpc) is 2.62. The van der Waals surface area contributed by atoms with Crippen LogP contribution in [0.1, 0.15) is 34.1 Å². The van der Waals surface area contributed by atoms with Crippen molar-refractivity contribution in [3.05, 3.63) is 72.8 Å². The van der Waals surface area contributed by atoms with Gasteiger partial charge in [-0.15, -0.1) is 0 Å². The van der Waals surface area contributed by atoms with Gasteiger partial charge in [-0.05, 0) is 27.9 Å². The van der Waals surface area contributed by atoms with E-state index in [1.165, 1.54) is 10.4 Å². The molecule has 0 aliphatic heterocycles. The molecule has 2 nitrogen and oxygen atoms in total. The highest BCUT2D eigenvalue weighted by atomic mass is 28.4. The van der Waals surface area contributed by atoms with Gasteiger partial charge in [-0.3, -0.25) is 4.79 Å².